The Morgan fingerprint density at radius 1 is 0.300 bits per heavy atom. The molecule has 0 bridgehead atoms. The Bertz CT molecular complexity index is 5440. The fourth-order valence-corrected chi connectivity index (χ4v) is 13.9. The second-order valence-corrected chi connectivity index (χ2v) is 31.7. The molecule has 19 nitrogen and oxygen atoms in total. The summed E-state index contributed by atoms with van der Waals surface area (Å²) in [5, 5.41) is 14.4. The van der Waals surface area contributed by atoms with Crippen LogP contribution in [0.25, 0.3) is 0 Å². The molecule has 27 heteroatoms. The number of hydrogen-bond acceptors (Lipinski definition) is 15. The van der Waals surface area contributed by atoms with E-state index in [4.69, 9.17) is 98.5 Å². The molecule has 12 aromatic rings. The number of nitrogens with one attached hydrogen (secondary N) is 4. The van der Waals surface area contributed by atoms with Crippen LogP contribution in [-0.2, 0) is 51.7 Å². The lowest BCUT2D eigenvalue weighted by atomic mass is 9.97. The zero-order chi connectivity index (χ0) is 85.2. The molecule has 14 rings (SSSR count). The van der Waals surface area contributed by atoms with Gasteiger partial charge in [-0.1, -0.05) is 227 Å². The first-order chi connectivity index (χ1) is 57.9. The molecule has 0 atom stereocenters. The van der Waals surface area contributed by atoms with Gasteiger partial charge in [-0.05, 0) is 193 Å². The number of nitrogens with zero attached hydrogens (tertiary/aromatic N) is 6. The van der Waals surface area contributed by atoms with Gasteiger partial charge in [-0.2, -0.15) is 0 Å². The highest BCUT2D eigenvalue weighted by Gasteiger charge is 2.24. The summed E-state index contributed by atoms with van der Waals surface area (Å²) in [5.74, 6) is -0.400. The van der Waals surface area contributed by atoms with Gasteiger partial charge in [0.2, 0.25) is 0 Å². The lowest BCUT2D eigenvalue weighted by Crippen LogP contribution is -2.36. The number of hydrogen-bond donors (Lipinski definition) is 5. The van der Waals surface area contributed by atoms with Crippen molar-refractivity contribution in [3.05, 3.63) is 372 Å². The van der Waals surface area contributed by atoms with E-state index in [9.17, 15) is 38.4 Å². The predicted octanol–water partition coefficient (Wildman–Crippen LogP) is 21.5. The Labute approximate surface area is 735 Å². The Hall–Kier alpha value is -10.9. The van der Waals surface area contributed by atoms with E-state index in [1.54, 1.807) is 127 Å². The third-order valence-electron chi connectivity index (χ3n) is 19.5. The van der Waals surface area contributed by atoms with Crippen LogP contribution >= 0.6 is 92.8 Å². The maximum atomic E-state index is 13.0. The summed E-state index contributed by atoms with van der Waals surface area (Å²) in [6.45, 7) is 8.83. The summed E-state index contributed by atoms with van der Waals surface area (Å²) in [4.78, 5) is 123. The Morgan fingerprint density at radius 2 is 0.542 bits per heavy atom. The molecule has 2 aliphatic heterocycles. The normalized spacial score (nSPS) is 12.3. The number of amides is 4. The van der Waals surface area contributed by atoms with E-state index in [-0.39, 0.29) is 66.5 Å². The maximum Gasteiger partial charge on any atom is 0.257 e. The van der Waals surface area contributed by atoms with Crippen LogP contribution in [0.1, 0.15) is 160 Å². The van der Waals surface area contributed by atoms with Gasteiger partial charge in [-0.25, -0.2) is 19.9 Å². The number of aryl methyl sites for hydroxylation is 1. The third kappa shape index (κ3) is 27.1. The molecular weight excluding hydrogens is 1680 g/mol. The van der Waals surface area contributed by atoms with E-state index in [1.807, 2.05) is 84.9 Å². The first kappa shape index (κ1) is 89.9. The number of likely N-dealkylation sites (tertiary alicyclic amines) is 2. The smallest absolute Gasteiger partial charge is 0.257 e. The van der Waals surface area contributed by atoms with Crippen molar-refractivity contribution in [2.24, 2.45) is 5.73 Å². The number of aromatic nitrogens is 4. The zero-order valence-electron chi connectivity index (χ0n) is 65.0. The molecule has 6 N–H and O–H groups in total. The highest BCUT2D eigenvalue weighted by molar-refractivity contribution is 6.33. The van der Waals surface area contributed by atoms with Crippen LogP contribution in [0.2, 0.25) is 40.2 Å². The monoisotopic (exact) mass is 1760 g/mol. The highest BCUT2D eigenvalue weighted by atomic mass is 35.5. The van der Waals surface area contributed by atoms with E-state index in [2.05, 4.69) is 57.9 Å². The van der Waals surface area contributed by atoms with Crippen LogP contribution in [0, 0.1) is 0 Å². The van der Waals surface area contributed by atoms with Gasteiger partial charge < -0.3 is 27.0 Å². The van der Waals surface area contributed by atoms with E-state index in [1.165, 1.54) is 73.2 Å². The average Bonchev–Trinajstić information content (AvgIpc) is 0.828. The molecule has 0 aliphatic carbocycles. The zero-order valence-corrected chi connectivity index (χ0v) is 71.0. The summed E-state index contributed by atoms with van der Waals surface area (Å²) in [5.41, 5.74) is 16.2. The minimum absolute atomic E-state index is 0.0551. The van der Waals surface area contributed by atoms with E-state index in [0.717, 1.165) is 51.3 Å². The molecule has 4 aromatic heterocycles. The number of Topliss-reactive ketones (excluding diaryl/α,β-unsaturated/α-hetero) is 4. The number of ketones is 4. The molecule has 612 valence electrons. The van der Waals surface area contributed by atoms with E-state index >= 15 is 0 Å². The molecular formula is C93H81Cl8N11O8. The number of rotatable bonds is 26. The minimum Gasteiger partial charge on any atom is -0.326 e. The number of carbonyl (C=O) groups is 8. The first-order valence-electron chi connectivity index (χ1n) is 38.4. The van der Waals surface area contributed by atoms with Crippen LogP contribution in [0.4, 0.5) is 23.3 Å². The Morgan fingerprint density at radius 3 is 0.767 bits per heavy atom. The predicted molar refractivity (Wildman–Crippen MR) is 479 cm³/mol. The van der Waals surface area contributed by atoms with Crippen molar-refractivity contribution in [2.45, 2.75) is 84.3 Å². The van der Waals surface area contributed by atoms with Crippen LogP contribution in [-0.4, -0.2) is 103 Å². The third-order valence-corrected chi connectivity index (χ3v) is 21.3. The van der Waals surface area contributed by atoms with Crippen molar-refractivity contribution < 1.29 is 38.4 Å². The molecule has 2 aliphatic rings. The number of anilines is 4. The number of pyridine rings is 4. The molecule has 0 spiro atoms. The van der Waals surface area contributed by atoms with Gasteiger partial charge in [-0.15, -0.1) is 0 Å². The van der Waals surface area contributed by atoms with Gasteiger partial charge in [0.05, 0.1) is 20.1 Å². The number of piperidine rings is 1. The summed E-state index contributed by atoms with van der Waals surface area (Å²) in [6.07, 6.45) is 12.1. The lowest BCUT2D eigenvalue weighted by Gasteiger charge is -2.30. The standard InChI is InChI=1S/C26H25Cl2N3O2.C24H21Cl2N3O2.C22H18Cl2N2O2.C21H17Cl2N3O2/c27-21-9-8-20(23(15-21)26(33)30-25-11-10-22(28)16-29-25)14-24(32)19-6-4-18(5-7-19)17-31-12-2-1-3-13-31;25-19-7-6-18(21(13-19)24(31)28-23-9-8-20(26)14-27-23)12-22(30)17-4-2-16(3-5-17)15-29-10-1-11-29;1-2-14-3-5-15(6-4-14)20(27)11-16-7-8-17(23)12-19(16)22(28)26-21-10-9-18(24)13-25-21;22-16-6-5-15(9-19(27)14-3-1-13(11-24)2-4-14)18(10-16)21(28)26-20-8-7-17(23)12-25-20/h4-11,15-16H,1-3,12-14,17H2,(H,29,30,33);2-9,13-14H,1,10-12,15H2,(H,27,28,31);3-10,12-13H,2,11H2,1H3,(H,25,26,28);1-8,10,12H,9,11,24H2,(H,25,26,28). The van der Waals surface area contributed by atoms with Crippen LogP contribution in [0.15, 0.2) is 243 Å². The summed E-state index contributed by atoms with van der Waals surface area (Å²) in [7, 11) is 0. The summed E-state index contributed by atoms with van der Waals surface area (Å²) >= 11 is 47.7. The van der Waals surface area contributed by atoms with Gasteiger partial charge in [0.15, 0.2) is 23.1 Å². The fraction of sp³-hybridized carbons (Fsp3) is 0.183. The number of halogens is 8. The molecule has 120 heavy (non-hydrogen) atoms. The van der Waals surface area contributed by atoms with Crippen molar-refractivity contribution in [1.82, 2.24) is 29.7 Å². The topological polar surface area (TPSA) is 269 Å². The second-order valence-electron chi connectivity index (χ2n) is 28.2. The summed E-state index contributed by atoms with van der Waals surface area (Å²) < 4.78 is 0. The average molecular weight is 1760 g/mol. The number of carbonyl (C=O) groups excluding carboxylic acids is 8. The van der Waals surface area contributed by atoms with Crippen molar-refractivity contribution >= 4 is 163 Å². The van der Waals surface area contributed by atoms with Crippen LogP contribution in [0.5, 0.6) is 0 Å². The Balaban J connectivity index is 0.000000157. The van der Waals surface area contributed by atoms with Gasteiger partial charge in [0.1, 0.15) is 23.3 Å². The SMILES string of the molecule is CCc1ccc(C(=O)Cc2ccc(Cl)cc2C(=O)Nc2ccc(Cl)cn2)cc1.NCc1ccc(C(=O)Cc2ccc(Cl)cc2C(=O)Nc2ccc(Cl)cn2)cc1.O=C(Cc1ccc(Cl)cc1C(=O)Nc1ccc(Cl)cn1)c1ccc(CN2CCC2)cc1.O=C(Cc1ccc(Cl)cc1C(=O)Nc1ccc(Cl)cn1)c1ccc(CN2CCCCC2)cc1. The quantitative estimate of drug-likeness (QED) is 0.0315. The van der Waals surface area contributed by atoms with E-state index in [0.29, 0.717) is 137 Å². The molecule has 0 radical (unpaired) electrons. The van der Waals surface area contributed by atoms with Crippen molar-refractivity contribution in [1.29, 1.82) is 0 Å². The highest BCUT2D eigenvalue weighted by Crippen LogP contribution is 2.28. The maximum absolute atomic E-state index is 13.0. The molecule has 2 fully saturated rings. The van der Waals surface area contributed by atoms with Crippen LogP contribution < -0.4 is 27.0 Å². The molecule has 2 saturated heterocycles. The number of benzene rings is 8. The van der Waals surface area contributed by atoms with Gasteiger partial charge >= 0.3 is 0 Å². The molecule has 6 heterocycles. The van der Waals surface area contributed by atoms with Crippen molar-refractivity contribution in [3.63, 3.8) is 0 Å². The van der Waals surface area contributed by atoms with Crippen molar-refractivity contribution in [3.8, 4) is 0 Å². The van der Waals surface area contributed by atoms with Gasteiger partial charge in [0, 0.05) is 135 Å². The van der Waals surface area contributed by atoms with Gasteiger partial charge in [-0.3, -0.25) is 48.2 Å². The summed E-state index contributed by atoms with van der Waals surface area (Å²) in [6, 6.07) is 62.7. The first-order valence-corrected chi connectivity index (χ1v) is 41.4. The largest absolute Gasteiger partial charge is 0.326 e. The second kappa shape index (κ2) is 44.4. The van der Waals surface area contributed by atoms with Crippen LogP contribution in [0.3, 0.4) is 0 Å². The van der Waals surface area contributed by atoms with Crippen molar-refractivity contribution in [2.75, 3.05) is 47.4 Å². The molecule has 0 saturated carbocycles. The Kier molecular flexibility index (Phi) is 33.3. The number of nitrogens with two attached hydrogens (primary N) is 1. The molecule has 8 aromatic carbocycles. The fourth-order valence-electron chi connectivity index (χ4n) is 12.8. The molecule has 0 unspecified atom stereocenters. The lowest BCUT2D eigenvalue weighted by molar-refractivity contribution is 0.0980. The van der Waals surface area contributed by atoms with E-state index < -0.39 is 5.91 Å². The molecule has 4 amide bonds. The van der Waals surface area contributed by atoms with Gasteiger partial charge in [0.25, 0.3) is 23.6 Å². The minimum atomic E-state index is -0.404.